The Kier molecular flexibility index (Phi) is 4.21. The van der Waals surface area contributed by atoms with E-state index in [4.69, 9.17) is 9.47 Å². The quantitative estimate of drug-likeness (QED) is 0.767. The molecule has 0 aromatic rings. The number of hydrogen-bond donors (Lipinski definition) is 1. The molecular weight excluding hydrogens is 288 g/mol. The molecule has 130 valence electrons. The highest BCUT2D eigenvalue weighted by atomic mass is 16.7. The molecule has 4 aliphatic carbocycles. The Morgan fingerprint density at radius 1 is 1.13 bits per heavy atom. The molecule has 3 heteroatoms. The van der Waals surface area contributed by atoms with Crippen molar-refractivity contribution in [1.82, 2.24) is 0 Å². The fourth-order valence-electron chi connectivity index (χ4n) is 6.50. The number of methoxy groups -OCH3 is 1. The van der Waals surface area contributed by atoms with Crippen molar-refractivity contribution in [2.24, 2.45) is 35.0 Å². The van der Waals surface area contributed by atoms with Crippen LogP contribution < -0.4 is 0 Å². The first-order chi connectivity index (χ1) is 11.1. The molecule has 0 aliphatic heterocycles. The zero-order valence-corrected chi connectivity index (χ0v) is 14.7. The van der Waals surface area contributed by atoms with Crippen molar-refractivity contribution in [2.75, 3.05) is 13.9 Å². The minimum atomic E-state index is 0.0901. The molecule has 0 amide bonds. The van der Waals surface area contributed by atoms with E-state index in [1.54, 1.807) is 7.11 Å². The Morgan fingerprint density at radius 2 is 2.00 bits per heavy atom. The van der Waals surface area contributed by atoms with Crippen LogP contribution in [0.3, 0.4) is 0 Å². The Hall–Kier alpha value is -0.540. The van der Waals surface area contributed by atoms with Crippen LogP contribution in [0.1, 0.15) is 58.3 Å². The fourth-order valence-corrected chi connectivity index (χ4v) is 6.50. The third-order valence-corrected chi connectivity index (χ3v) is 7.82. The van der Waals surface area contributed by atoms with E-state index in [0.717, 1.165) is 30.1 Å². The summed E-state index contributed by atoms with van der Waals surface area (Å²) in [5.41, 5.74) is 0.0901. The van der Waals surface area contributed by atoms with Gasteiger partial charge >= 0.3 is 0 Å². The molecule has 23 heavy (non-hydrogen) atoms. The molecule has 0 aromatic carbocycles. The number of allylic oxidation sites excluding steroid dienone is 2. The Balaban J connectivity index is 1.43. The van der Waals surface area contributed by atoms with Crippen molar-refractivity contribution < 1.29 is 14.6 Å². The molecule has 0 spiro atoms. The van der Waals surface area contributed by atoms with E-state index >= 15 is 0 Å². The predicted molar refractivity (Wildman–Crippen MR) is 90.0 cm³/mol. The topological polar surface area (TPSA) is 38.7 Å². The molecule has 3 nitrogen and oxygen atoms in total. The van der Waals surface area contributed by atoms with E-state index in [9.17, 15) is 5.11 Å². The lowest BCUT2D eigenvalue weighted by Crippen LogP contribution is -2.46. The molecule has 1 N–H and O–H groups in total. The number of aliphatic hydroxyl groups is 1. The summed E-state index contributed by atoms with van der Waals surface area (Å²) in [5.74, 6) is 4.87. The van der Waals surface area contributed by atoms with Crippen LogP contribution in [0, 0.1) is 35.0 Å². The summed E-state index contributed by atoms with van der Waals surface area (Å²) in [6, 6.07) is 0. The minimum absolute atomic E-state index is 0.0901. The molecule has 3 saturated carbocycles. The number of ether oxygens (including phenoxy) is 2. The molecule has 0 radical (unpaired) electrons. The van der Waals surface area contributed by atoms with Crippen LogP contribution in [0.25, 0.3) is 0 Å². The molecule has 0 aromatic heterocycles. The fraction of sp³-hybridized carbons (Fsp3) is 0.900. The maximum Gasteiger partial charge on any atom is 0.146 e. The van der Waals surface area contributed by atoms with Gasteiger partial charge in [0.1, 0.15) is 6.79 Å². The highest BCUT2D eigenvalue weighted by Gasteiger charge is 2.54. The molecular formula is C20H32O3. The van der Waals surface area contributed by atoms with E-state index in [1.807, 2.05) is 0 Å². The molecule has 0 saturated heterocycles. The van der Waals surface area contributed by atoms with Gasteiger partial charge in [0, 0.05) is 12.5 Å². The van der Waals surface area contributed by atoms with Crippen LogP contribution in [-0.2, 0) is 9.47 Å². The van der Waals surface area contributed by atoms with Crippen molar-refractivity contribution in [3.63, 3.8) is 0 Å². The first kappa shape index (κ1) is 16.0. The van der Waals surface area contributed by atoms with Crippen LogP contribution in [0.5, 0.6) is 0 Å². The third kappa shape index (κ3) is 2.64. The van der Waals surface area contributed by atoms with Gasteiger partial charge in [-0.15, -0.1) is 0 Å². The van der Waals surface area contributed by atoms with Gasteiger partial charge in [0.2, 0.25) is 0 Å². The molecule has 0 bridgehead atoms. The molecule has 3 fully saturated rings. The largest absolute Gasteiger partial charge is 0.512 e. The smallest absolute Gasteiger partial charge is 0.146 e. The second kappa shape index (κ2) is 6.07. The lowest BCUT2D eigenvalue weighted by Gasteiger charge is -2.53. The predicted octanol–water partition coefficient (Wildman–Crippen LogP) is 4.68. The Morgan fingerprint density at radius 3 is 2.83 bits per heavy atom. The van der Waals surface area contributed by atoms with Crippen LogP contribution in [0.15, 0.2) is 11.8 Å². The number of aliphatic hydroxyl groups excluding tert-OH is 1. The number of fused-ring (bicyclic) bond motifs is 4. The number of hydrogen-bond acceptors (Lipinski definition) is 3. The second-order valence-electron chi connectivity index (χ2n) is 8.81. The molecule has 4 aliphatic rings. The monoisotopic (exact) mass is 320 g/mol. The summed E-state index contributed by atoms with van der Waals surface area (Å²) < 4.78 is 10.9. The Labute approximate surface area is 140 Å². The Bertz CT molecular complexity index is 474. The normalized spacial score (nSPS) is 49.0. The van der Waals surface area contributed by atoms with Crippen molar-refractivity contribution in [3.05, 3.63) is 11.8 Å². The van der Waals surface area contributed by atoms with Crippen molar-refractivity contribution in [3.8, 4) is 0 Å². The zero-order chi connectivity index (χ0) is 16.0. The zero-order valence-electron chi connectivity index (χ0n) is 14.7. The van der Waals surface area contributed by atoms with Gasteiger partial charge in [0.05, 0.1) is 11.9 Å². The molecule has 0 heterocycles. The summed E-state index contributed by atoms with van der Waals surface area (Å²) in [6.07, 6.45) is 12.7. The van der Waals surface area contributed by atoms with Gasteiger partial charge in [0.15, 0.2) is 0 Å². The molecule has 4 rings (SSSR count). The average Bonchev–Trinajstić information content (AvgIpc) is 2.87. The molecule has 7 atom stereocenters. The highest BCUT2D eigenvalue weighted by molar-refractivity contribution is 5.19. The lowest BCUT2D eigenvalue weighted by molar-refractivity contribution is -0.111. The first-order valence-corrected chi connectivity index (χ1v) is 9.62. The van der Waals surface area contributed by atoms with Crippen LogP contribution in [-0.4, -0.2) is 25.1 Å². The summed E-state index contributed by atoms with van der Waals surface area (Å²) in [7, 11) is 1.71. The summed E-state index contributed by atoms with van der Waals surface area (Å²) in [6.45, 7) is 2.76. The van der Waals surface area contributed by atoms with Crippen molar-refractivity contribution >= 4 is 0 Å². The van der Waals surface area contributed by atoms with Crippen molar-refractivity contribution in [2.45, 2.75) is 64.4 Å². The van der Waals surface area contributed by atoms with Gasteiger partial charge in [0.25, 0.3) is 0 Å². The summed E-state index contributed by atoms with van der Waals surface area (Å²) in [5, 5.41) is 10.4. The molecule has 0 unspecified atom stereocenters. The van der Waals surface area contributed by atoms with Crippen LogP contribution in [0.4, 0.5) is 0 Å². The van der Waals surface area contributed by atoms with Crippen LogP contribution in [0.2, 0.25) is 0 Å². The minimum Gasteiger partial charge on any atom is -0.512 e. The number of rotatable bonds is 3. The van der Waals surface area contributed by atoms with Gasteiger partial charge in [-0.1, -0.05) is 6.92 Å². The second-order valence-corrected chi connectivity index (χ2v) is 8.81. The van der Waals surface area contributed by atoms with Gasteiger partial charge in [-0.05, 0) is 87.0 Å². The third-order valence-electron chi connectivity index (χ3n) is 7.82. The lowest BCUT2D eigenvalue weighted by atomic mass is 9.52. The van der Waals surface area contributed by atoms with Crippen LogP contribution >= 0.6 is 0 Å². The van der Waals surface area contributed by atoms with E-state index in [2.05, 4.69) is 13.0 Å². The van der Waals surface area contributed by atoms with Gasteiger partial charge in [-0.3, -0.25) is 0 Å². The van der Waals surface area contributed by atoms with Crippen molar-refractivity contribution in [1.29, 1.82) is 0 Å². The SMILES string of the molecule is COCO[C@H]1CC[C@H]2C[C@@H]3[C@H](CC[C@]4(C)C(O)=CC[C@@H]34)C[C@@H]2C1. The summed E-state index contributed by atoms with van der Waals surface area (Å²) >= 11 is 0. The van der Waals surface area contributed by atoms with E-state index < -0.39 is 0 Å². The van der Waals surface area contributed by atoms with Gasteiger partial charge < -0.3 is 14.6 Å². The van der Waals surface area contributed by atoms with Gasteiger partial charge in [-0.2, -0.15) is 0 Å². The van der Waals surface area contributed by atoms with E-state index in [1.165, 1.54) is 44.9 Å². The van der Waals surface area contributed by atoms with E-state index in [-0.39, 0.29) is 5.41 Å². The highest BCUT2D eigenvalue weighted by Crippen LogP contribution is 2.61. The standard InChI is InChI=1S/C20H32O3/c1-20-8-7-14-9-15-10-16(23-12-22-2)4-3-13(15)11-17(14)18(20)5-6-19(20)21/h6,13-18,21H,3-5,7-12H2,1-2H3/t13-,14+,15+,16-,17+,18-,20-/m0/s1. The first-order valence-electron chi connectivity index (χ1n) is 9.62. The maximum atomic E-state index is 10.4. The summed E-state index contributed by atoms with van der Waals surface area (Å²) in [4.78, 5) is 0. The average molecular weight is 320 g/mol. The van der Waals surface area contributed by atoms with Gasteiger partial charge in [-0.25, -0.2) is 0 Å². The van der Waals surface area contributed by atoms with E-state index in [0.29, 0.717) is 24.6 Å². The maximum absolute atomic E-state index is 10.4.